The van der Waals surface area contributed by atoms with E-state index in [-0.39, 0.29) is 28.9 Å². The average molecular weight is 432 g/mol. The second-order valence-corrected chi connectivity index (χ2v) is 7.04. The summed E-state index contributed by atoms with van der Waals surface area (Å²) in [5.74, 6) is -1.03. The second kappa shape index (κ2) is 9.03. The van der Waals surface area contributed by atoms with Crippen molar-refractivity contribution in [3.63, 3.8) is 0 Å². The molecule has 8 heteroatoms. The number of anilines is 3. The molecule has 0 aliphatic heterocycles. The van der Waals surface area contributed by atoms with Crippen LogP contribution in [0, 0.1) is 5.82 Å². The van der Waals surface area contributed by atoms with Crippen molar-refractivity contribution in [2.24, 2.45) is 0 Å². The normalized spacial score (nSPS) is 10.5. The standard InChI is InChI=1S/C21H16Cl2FN3O2/c1-13(28)27(18-10-15(22)9-16(24)11-18)20-12-17(6-7-25-20)26-21(29)8-14-4-2-3-5-19(14)23/h2-7,9-12H,8H2,1H3,(H,25,26,29). The summed E-state index contributed by atoms with van der Waals surface area (Å²) in [6.07, 6.45) is 1.53. The molecule has 0 saturated heterocycles. The molecule has 1 N–H and O–H groups in total. The molecule has 0 aliphatic carbocycles. The number of nitrogens with one attached hydrogen (secondary N) is 1. The Bertz CT molecular complexity index is 1060. The van der Waals surface area contributed by atoms with Crippen molar-refractivity contribution < 1.29 is 14.0 Å². The van der Waals surface area contributed by atoms with Gasteiger partial charge in [-0.1, -0.05) is 41.4 Å². The Labute approximate surface area is 177 Å². The van der Waals surface area contributed by atoms with E-state index >= 15 is 0 Å². The molecule has 0 fully saturated rings. The van der Waals surface area contributed by atoms with Gasteiger partial charge >= 0.3 is 0 Å². The Morgan fingerprint density at radius 3 is 2.55 bits per heavy atom. The molecule has 148 valence electrons. The molecule has 29 heavy (non-hydrogen) atoms. The van der Waals surface area contributed by atoms with Crippen LogP contribution >= 0.6 is 23.2 Å². The highest BCUT2D eigenvalue weighted by Gasteiger charge is 2.18. The number of halogens is 3. The van der Waals surface area contributed by atoms with Gasteiger partial charge in [-0.15, -0.1) is 0 Å². The van der Waals surface area contributed by atoms with Gasteiger partial charge in [-0.2, -0.15) is 0 Å². The monoisotopic (exact) mass is 431 g/mol. The predicted molar refractivity (Wildman–Crippen MR) is 112 cm³/mol. The summed E-state index contributed by atoms with van der Waals surface area (Å²) in [5, 5.41) is 3.40. The topological polar surface area (TPSA) is 62.3 Å². The molecule has 0 unspecified atom stereocenters. The molecule has 0 aliphatic rings. The van der Waals surface area contributed by atoms with Crippen LogP contribution in [0.2, 0.25) is 10.0 Å². The fourth-order valence-electron chi connectivity index (χ4n) is 2.78. The Kier molecular flexibility index (Phi) is 6.46. The van der Waals surface area contributed by atoms with Crippen molar-refractivity contribution in [3.8, 4) is 0 Å². The van der Waals surface area contributed by atoms with E-state index in [0.717, 1.165) is 6.07 Å². The molecule has 1 heterocycles. The highest BCUT2D eigenvalue weighted by Crippen LogP contribution is 2.29. The number of amides is 2. The van der Waals surface area contributed by atoms with Crippen LogP contribution in [0.3, 0.4) is 0 Å². The number of aromatic nitrogens is 1. The molecule has 0 radical (unpaired) electrons. The molecule has 1 aromatic heterocycles. The first-order valence-electron chi connectivity index (χ1n) is 8.59. The SMILES string of the molecule is CC(=O)N(c1cc(F)cc(Cl)c1)c1cc(NC(=O)Cc2ccccc2Cl)ccn1. The Morgan fingerprint density at radius 1 is 1.10 bits per heavy atom. The van der Waals surface area contributed by atoms with Crippen LogP contribution in [0.15, 0.2) is 60.8 Å². The van der Waals surface area contributed by atoms with E-state index in [0.29, 0.717) is 16.3 Å². The largest absolute Gasteiger partial charge is 0.326 e. The third kappa shape index (κ3) is 5.31. The highest BCUT2D eigenvalue weighted by atomic mass is 35.5. The summed E-state index contributed by atoms with van der Waals surface area (Å²) in [4.78, 5) is 29.9. The summed E-state index contributed by atoms with van der Waals surface area (Å²) < 4.78 is 13.7. The number of carbonyl (C=O) groups is 2. The van der Waals surface area contributed by atoms with Gasteiger partial charge in [-0.3, -0.25) is 14.5 Å². The zero-order valence-electron chi connectivity index (χ0n) is 15.3. The Balaban J connectivity index is 1.84. The quantitative estimate of drug-likeness (QED) is 0.588. The summed E-state index contributed by atoms with van der Waals surface area (Å²) >= 11 is 12.0. The van der Waals surface area contributed by atoms with Crippen LogP contribution in [0.5, 0.6) is 0 Å². The lowest BCUT2D eigenvalue weighted by molar-refractivity contribution is -0.116. The molecule has 0 spiro atoms. The third-order valence-corrected chi connectivity index (χ3v) is 4.57. The van der Waals surface area contributed by atoms with E-state index in [1.54, 1.807) is 30.3 Å². The van der Waals surface area contributed by atoms with Crippen molar-refractivity contribution in [2.75, 3.05) is 10.2 Å². The Hall–Kier alpha value is -2.96. The molecule has 0 saturated carbocycles. The van der Waals surface area contributed by atoms with Crippen molar-refractivity contribution in [1.82, 2.24) is 4.98 Å². The molecule has 0 bridgehead atoms. The van der Waals surface area contributed by atoms with Crippen molar-refractivity contribution in [3.05, 3.63) is 82.2 Å². The summed E-state index contributed by atoms with van der Waals surface area (Å²) in [7, 11) is 0. The Morgan fingerprint density at radius 2 is 1.86 bits per heavy atom. The van der Waals surface area contributed by atoms with Gasteiger partial charge < -0.3 is 5.32 Å². The van der Waals surface area contributed by atoms with Gasteiger partial charge in [-0.25, -0.2) is 9.37 Å². The first-order chi connectivity index (χ1) is 13.8. The van der Waals surface area contributed by atoms with Gasteiger partial charge in [0.1, 0.15) is 11.6 Å². The van der Waals surface area contributed by atoms with Crippen LogP contribution in [0.1, 0.15) is 12.5 Å². The molecule has 2 aromatic carbocycles. The smallest absolute Gasteiger partial charge is 0.229 e. The van der Waals surface area contributed by atoms with E-state index in [4.69, 9.17) is 23.2 Å². The second-order valence-electron chi connectivity index (χ2n) is 6.20. The fraction of sp³-hybridized carbons (Fsp3) is 0.0952. The molecular formula is C21H16Cl2FN3O2. The highest BCUT2D eigenvalue weighted by molar-refractivity contribution is 6.31. The van der Waals surface area contributed by atoms with E-state index in [9.17, 15) is 14.0 Å². The predicted octanol–water partition coefficient (Wildman–Crippen LogP) is 5.39. The minimum atomic E-state index is -0.581. The van der Waals surface area contributed by atoms with Gasteiger partial charge in [0.05, 0.1) is 12.1 Å². The minimum absolute atomic E-state index is 0.0905. The van der Waals surface area contributed by atoms with Crippen LogP contribution in [0.4, 0.5) is 21.6 Å². The van der Waals surface area contributed by atoms with Crippen molar-refractivity contribution in [1.29, 1.82) is 0 Å². The summed E-state index contributed by atoms with van der Waals surface area (Å²) in [6.45, 7) is 1.32. The first kappa shape index (κ1) is 20.8. The van der Waals surface area contributed by atoms with Crippen LogP contribution < -0.4 is 10.2 Å². The van der Waals surface area contributed by atoms with Gasteiger partial charge in [-0.05, 0) is 35.9 Å². The summed E-state index contributed by atoms with van der Waals surface area (Å²) in [5.41, 5.74) is 1.36. The first-order valence-corrected chi connectivity index (χ1v) is 9.35. The van der Waals surface area contributed by atoms with Gasteiger partial charge in [0.15, 0.2) is 0 Å². The number of benzene rings is 2. The van der Waals surface area contributed by atoms with E-state index in [1.165, 1.54) is 36.2 Å². The third-order valence-electron chi connectivity index (χ3n) is 3.99. The molecule has 3 aromatic rings. The van der Waals surface area contributed by atoms with Gasteiger partial charge in [0.2, 0.25) is 11.8 Å². The molecule has 2 amide bonds. The number of hydrogen-bond acceptors (Lipinski definition) is 3. The summed E-state index contributed by atoms with van der Waals surface area (Å²) in [6, 6.07) is 13.9. The van der Waals surface area contributed by atoms with E-state index in [1.807, 2.05) is 0 Å². The minimum Gasteiger partial charge on any atom is -0.326 e. The van der Waals surface area contributed by atoms with E-state index in [2.05, 4.69) is 10.3 Å². The lowest BCUT2D eigenvalue weighted by atomic mass is 10.1. The molecule has 3 rings (SSSR count). The number of pyridine rings is 1. The number of hydrogen-bond donors (Lipinski definition) is 1. The van der Waals surface area contributed by atoms with Crippen molar-refractivity contribution in [2.45, 2.75) is 13.3 Å². The van der Waals surface area contributed by atoms with Gasteiger partial charge in [0.25, 0.3) is 0 Å². The fourth-order valence-corrected chi connectivity index (χ4v) is 3.20. The molecule has 5 nitrogen and oxygen atoms in total. The zero-order chi connectivity index (χ0) is 21.0. The zero-order valence-corrected chi connectivity index (χ0v) is 16.8. The number of carbonyl (C=O) groups excluding carboxylic acids is 2. The maximum absolute atomic E-state index is 13.7. The molecular weight excluding hydrogens is 416 g/mol. The number of rotatable bonds is 5. The average Bonchev–Trinajstić information content (AvgIpc) is 2.63. The van der Waals surface area contributed by atoms with Crippen LogP contribution in [-0.4, -0.2) is 16.8 Å². The van der Waals surface area contributed by atoms with E-state index < -0.39 is 11.7 Å². The lowest BCUT2D eigenvalue weighted by Gasteiger charge is -2.21. The van der Waals surface area contributed by atoms with Gasteiger partial charge in [0, 0.05) is 34.9 Å². The maximum atomic E-state index is 13.7. The van der Waals surface area contributed by atoms with Crippen LogP contribution in [-0.2, 0) is 16.0 Å². The lowest BCUT2D eigenvalue weighted by Crippen LogP contribution is -2.24. The van der Waals surface area contributed by atoms with Crippen LogP contribution in [0.25, 0.3) is 0 Å². The number of nitrogens with zero attached hydrogens (tertiary/aromatic N) is 2. The maximum Gasteiger partial charge on any atom is 0.229 e. The van der Waals surface area contributed by atoms with Crippen molar-refractivity contribution >= 4 is 52.2 Å². The molecule has 0 atom stereocenters.